The quantitative estimate of drug-likeness (QED) is 0.867. The van der Waals surface area contributed by atoms with E-state index in [2.05, 4.69) is 11.1 Å². The van der Waals surface area contributed by atoms with Gasteiger partial charge >= 0.3 is 0 Å². The van der Waals surface area contributed by atoms with Crippen molar-refractivity contribution in [3.05, 3.63) is 52.0 Å². The Labute approximate surface area is 121 Å². The van der Waals surface area contributed by atoms with Gasteiger partial charge in [0.1, 0.15) is 5.01 Å². The van der Waals surface area contributed by atoms with E-state index in [0.29, 0.717) is 23.7 Å². The van der Waals surface area contributed by atoms with Gasteiger partial charge in [-0.05, 0) is 31.0 Å². The van der Waals surface area contributed by atoms with E-state index in [0.717, 1.165) is 17.8 Å². The molecule has 0 aliphatic heterocycles. The SMILES string of the molecule is N#Cc1cccc(C(=O)N(Cc2nccs2)C2CC2)c1. The van der Waals surface area contributed by atoms with Gasteiger partial charge in [0.15, 0.2) is 0 Å². The predicted octanol–water partition coefficient (Wildman–Crippen LogP) is 2.82. The lowest BCUT2D eigenvalue weighted by atomic mass is 10.1. The van der Waals surface area contributed by atoms with E-state index < -0.39 is 0 Å². The lowest BCUT2D eigenvalue weighted by Crippen LogP contribution is -2.32. The van der Waals surface area contributed by atoms with Gasteiger partial charge in [0, 0.05) is 23.2 Å². The van der Waals surface area contributed by atoms with E-state index in [1.54, 1.807) is 41.8 Å². The Morgan fingerprint density at radius 1 is 1.50 bits per heavy atom. The Kier molecular flexibility index (Phi) is 3.48. The molecule has 1 amide bonds. The zero-order valence-corrected chi connectivity index (χ0v) is 11.6. The van der Waals surface area contributed by atoms with Gasteiger partial charge in [-0.15, -0.1) is 11.3 Å². The van der Waals surface area contributed by atoms with E-state index in [4.69, 9.17) is 5.26 Å². The number of rotatable bonds is 4. The number of carbonyl (C=O) groups is 1. The van der Waals surface area contributed by atoms with Crippen molar-refractivity contribution in [2.45, 2.75) is 25.4 Å². The summed E-state index contributed by atoms with van der Waals surface area (Å²) in [6.07, 6.45) is 3.86. The van der Waals surface area contributed by atoms with Gasteiger partial charge in [0.05, 0.1) is 18.2 Å². The summed E-state index contributed by atoms with van der Waals surface area (Å²) in [5.74, 6) is -0.0141. The second kappa shape index (κ2) is 5.43. The molecule has 3 rings (SSSR count). The maximum atomic E-state index is 12.6. The Morgan fingerprint density at radius 3 is 3.00 bits per heavy atom. The number of nitriles is 1. The van der Waals surface area contributed by atoms with Crippen LogP contribution in [0.25, 0.3) is 0 Å². The molecule has 1 aliphatic rings. The minimum Gasteiger partial charge on any atom is -0.329 e. The number of benzene rings is 1. The Bertz CT molecular complexity index is 656. The summed E-state index contributed by atoms with van der Waals surface area (Å²) in [5.41, 5.74) is 1.09. The largest absolute Gasteiger partial charge is 0.329 e. The highest BCUT2D eigenvalue weighted by Gasteiger charge is 2.33. The molecule has 1 aliphatic carbocycles. The van der Waals surface area contributed by atoms with Gasteiger partial charge in [0.25, 0.3) is 5.91 Å². The van der Waals surface area contributed by atoms with Crippen molar-refractivity contribution in [3.63, 3.8) is 0 Å². The highest BCUT2D eigenvalue weighted by molar-refractivity contribution is 7.09. The maximum absolute atomic E-state index is 12.6. The van der Waals surface area contributed by atoms with Crippen LogP contribution in [-0.4, -0.2) is 21.8 Å². The molecule has 0 spiro atoms. The van der Waals surface area contributed by atoms with Crippen molar-refractivity contribution in [2.24, 2.45) is 0 Å². The summed E-state index contributed by atoms with van der Waals surface area (Å²) in [7, 11) is 0. The highest BCUT2D eigenvalue weighted by Crippen LogP contribution is 2.30. The lowest BCUT2D eigenvalue weighted by Gasteiger charge is -2.21. The van der Waals surface area contributed by atoms with Crippen LogP contribution < -0.4 is 0 Å². The first-order chi connectivity index (χ1) is 9.78. The van der Waals surface area contributed by atoms with E-state index in [-0.39, 0.29) is 5.91 Å². The molecule has 20 heavy (non-hydrogen) atoms. The molecule has 0 bridgehead atoms. The number of nitrogens with zero attached hydrogens (tertiary/aromatic N) is 3. The smallest absolute Gasteiger partial charge is 0.254 e. The second-order valence-electron chi connectivity index (χ2n) is 4.78. The summed E-state index contributed by atoms with van der Waals surface area (Å²) in [6.45, 7) is 0.554. The third-order valence-corrected chi connectivity index (χ3v) is 4.04. The van der Waals surface area contributed by atoms with Crippen molar-refractivity contribution in [1.29, 1.82) is 5.26 Å². The van der Waals surface area contributed by atoms with Gasteiger partial charge < -0.3 is 4.90 Å². The molecule has 1 fully saturated rings. The zero-order valence-electron chi connectivity index (χ0n) is 10.8. The highest BCUT2D eigenvalue weighted by atomic mass is 32.1. The number of amides is 1. The number of hydrogen-bond acceptors (Lipinski definition) is 4. The lowest BCUT2D eigenvalue weighted by molar-refractivity contribution is 0.0729. The van der Waals surface area contributed by atoms with Crippen molar-refractivity contribution in [2.75, 3.05) is 0 Å². The number of thiazole rings is 1. The average Bonchev–Trinajstić information content (AvgIpc) is 3.20. The molecule has 1 aromatic carbocycles. The third-order valence-electron chi connectivity index (χ3n) is 3.28. The van der Waals surface area contributed by atoms with Crippen molar-refractivity contribution in [3.8, 4) is 6.07 Å². The normalized spacial score (nSPS) is 13.8. The van der Waals surface area contributed by atoms with Crippen LogP contribution in [0.5, 0.6) is 0 Å². The molecule has 1 aromatic heterocycles. The molecule has 100 valence electrons. The molecule has 0 N–H and O–H groups in total. The van der Waals surface area contributed by atoms with Crippen LogP contribution >= 0.6 is 11.3 Å². The molecule has 0 saturated heterocycles. The van der Waals surface area contributed by atoms with Gasteiger partial charge in [-0.25, -0.2) is 4.98 Å². The van der Waals surface area contributed by atoms with Crippen LogP contribution in [-0.2, 0) is 6.54 Å². The Morgan fingerprint density at radius 2 is 2.35 bits per heavy atom. The van der Waals surface area contributed by atoms with Gasteiger partial charge in [-0.3, -0.25) is 4.79 Å². The molecule has 0 unspecified atom stereocenters. The predicted molar refractivity (Wildman–Crippen MR) is 76.2 cm³/mol. The first-order valence-corrected chi connectivity index (χ1v) is 7.35. The molecule has 1 heterocycles. The van der Waals surface area contributed by atoms with E-state index in [9.17, 15) is 4.79 Å². The first-order valence-electron chi connectivity index (χ1n) is 6.47. The summed E-state index contributed by atoms with van der Waals surface area (Å²) in [5, 5.41) is 11.8. The van der Waals surface area contributed by atoms with Crippen LogP contribution in [0.1, 0.15) is 33.8 Å². The number of aromatic nitrogens is 1. The fraction of sp³-hybridized carbons (Fsp3) is 0.267. The fourth-order valence-electron chi connectivity index (χ4n) is 2.12. The Hall–Kier alpha value is -2.19. The topological polar surface area (TPSA) is 57.0 Å². The zero-order chi connectivity index (χ0) is 13.9. The first kappa shape index (κ1) is 12.8. The van der Waals surface area contributed by atoms with Gasteiger partial charge in [-0.2, -0.15) is 5.26 Å². The molecular weight excluding hydrogens is 270 g/mol. The van der Waals surface area contributed by atoms with Crippen LogP contribution in [0.4, 0.5) is 0 Å². The van der Waals surface area contributed by atoms with Crippen LogP contribution in [0.3, 0.4) is 0 Å². The summed E-state index contributed by atoms with van der Waals surface area (Å²) in [4.78, 5) is 18.7. The average molecular weight is 283 g/mol. The number of hydrogen-bond donors (Lipinski definition) is 0. The standard InChI is InChI=1S/C15H13N3OS/c16-9-11-2-1-3-12(8-11)15(19)18(13-4-5-13)10-14-17-6-7-20-14/h1-3,6-8,13H,4-5,10H2. The molecule has 4 nitrogen and oxygen atoms in total. The molecule has 2 aromatic rings. The summed E-state index contributed by atoms with van der Waals surface area (Å²) in [6, 6.07) is 9.26. The minimum absolute atomic E-state index is 0.0141. The maximum Gasteiger partial charge on any atom is 0.254 e. The molecule has 1 saturated carbocycles. The minimum atomic E-state index is -0.0141. The molecule has 0 atom stereocenters. The van der Waals surface area contributed by atoms with Crippen molar-refractivity contribution >= 4 is 17.2 Å². The van der Waals surface area contributed by atoms with E-state index in [1.807, 2.05) is 10.3 Å². The second-order valence-corrected chi connectivity index (χ2v) is 5.76. The number of carbonyl (C=O) groups excluding carboxylic acids is 1. The monoisotopic (exact) mass is 283 g/mol. The van der Waals surface area contributed by atoms with Crippen LogP contribution in [0.15, 0.2) is 35.8 Å². The van der Waals surface area contributed by atoms with Crippen molar-refractivity contribution < 1.29 is 4.79 Å². The third kappa shape index (κ3) is 2.70. The fourth-order valence-corrected chi connectivity index (χ4v) is 2.73. The van der Waals surface area contributed by atoms with Crippen LogP contribution in [0, 0.1) is 11.3 Å². The van der Waals surface area contributed by atoms with Crippen molar-refractivity contribution in [1.82, 2.24) is 9.88 Å². The Balaban J connectivity index is 1.83. The molecule has 5 heteroatoms. The molecule has 0 radical (unpaired) electrons. The van der Waals surface area contributed by atoms with Gasteiger partial charge in [-0.1, -0.05) is 6.07 Å². The summed E-state index contributed by atoms with van der Waals surface area (Å²) < 4.78 is 0. The summed E-state index contributed by atoms with van der Waals surface area (Å²) >= 11 is 1.56. The van der Waals surface area contributed by atoms with Gasteiger partial charge in [0.2, 0.25) is 0 Å². The van der Waals surface area contributed by atoms with E-state index in [1.165, 1.54) is 0 Å². The molecular formula is C15H13N3OS. The van der Waals surface area contributed by atoms with E-state index >= 15 is 0 Å². The van der Waals surface area contributed by atoms with Crippen LogP contribution in [0.2, 0.25) is 0 Å².